The topological polar surface area (TPSA) is 25.8 Å². The molecule has 2 rings (SSSR count). The molecule has 0 fully saturated rings. The fraction of sp³-hybridized carbons (Fsp3) is 0.167. The predicted octanol–water partition coefficient (Wildman–Crippen LogP) is 3.50. The molecule has 0 saturated carbocycles. The van der Waals surface area contributed by atoms with Crippen molar-refractivity contribution in [1.82, 2.24) is 9.97 Å². The molecule has 4 heteroatoms. The molecule has 0 radical (unpaired) electrons. The summed E-state index contributed by atoms with van der Waals surface area (Å²) in [6, 6.07) is 7.58. The van der Waals surface area contributed by atoms with Crippen LogP contribution in [0.4, 0.5) is 4.39 Å². The zero-order valence-corrected chi connectivity index (χ0v) is 9.50. The van der Waals surface area contributed by atoms with E-state index in [4.69, 9.17) is 11.6 Å². The second-order valence-corrected chi connectivity index (χ2v) is 3.73. The molecule has 0 atom stereocenters. The van der Waals surface area contributed by atoms with Crippen molar-refractivity contribution in [3.63, 3.8) is 0 Å². The van der Waals surface area contributed by atoms with Crippen LogP contribution in [-0.2, 0) is 6.42 Å². The van der Waals surface area contributed by atoms with Crippen molar-refractivity contribution in [2.75, 3.05) is 0 Å². The molecular weight excluding hydrogens is 227 g/mol. The molecule has 0 N–H and O–H groups in total. The molecule has 2 nitrogen and oxygen atoms in total. The Morgan fingerprint density at radius 3 is 2.94 bits per heavy atom. The number of hydrogen-bond acceptors (Lipinski definition) is 2. The lowest BCUT2D eigenvalue weighted by Gasteiger charge is -2.04. The molecule has 82 valence electrons. The normalized spacial score (nSPS) is 10.4. The van der Waals surface area contributed by atoms with Gasteiger partial charge in [-0.05, 0) is 29.7 Å². The molecule has 1 aromatic carbocycles. The van der Waals surface area contributed by atoms with Crippen LogP contribution in [0.15, 0.2) is 30.5 Å². The third-order valence-corrected chi connectivity index (χ3v) is 2.51. The first-order chi connectivity index (χ1) is 7.70. The zero-order valence-electron chi connectivity index (χ0n) is 8.74. The van der Waals surface area contributed by atoms with E-state index < -0.39 is 5.82 Å². The average Bonchev–Trinajstić information content (AvgIpc) is 2.32. The Kier molecular flexibility index (Phi) is 3.15. The maximum Gasteiger partial charge on any atom is 0.223 e. The van der Waals surface area contributed by atoms with E-state index in [9.17, 15) is 4.39 Å². The van der Waals surface area contributed by atoms with Crippen LogP contribution in [0, 0.1) is 5.82 Å². The maximum absolute atomic E-state index is 13.5. The molecule has 0 aliphatic carbocycles. The standard InChI is InChI=1S/C12H10ClFN2/c1-2-8-4-3-5-9(6-8)11-10(14)7-15-12(13)16-11/h3-7H,2H2,1H3. The van der Waals surface area contributed by atoms with Crippen LogP contribution in [0.2, 0.25) is 5.28 Å². The lowest BCUT2D eigenvalue weighted by Crippen LogP contribution is -1.93. The summed E-state index contributed by atoms with van der Waals surface area (Å²) < 4.78 is 13.5. The minimum Gasteiger partial charge on any atom is -0.223 e. The second kappa shape index (κ2) is 4.58. The first-order valence-corrected chi connectivity index (χ1v) is 5.36. The smallest absolute Gasteiger partial charge is 0.223 e. The van der Waals surface area contributed by atoms with Crippen LogP contribution < -0.4 is 0 Å². The minimum absolute atomic E-state index is 0.0540. The Labute approximate surface area is 98.1 Å². The van der Waals surface area contributed by atoms with E-state index in [1.54, 1.807) is 6.07 Å². The lowest BCUT2D eigenvalue weighted by atomic mass is 10.1. The van der Waals surface area contributed by atoms with Crippen molar-refractivity contribution in [3.8, 4) is 11.3 Å². The highest BCUT2D eigenvalue weighted by Crippen LogP contribution is 2.22. The highest BCUT2D eigenvalue weighted by molar-refractivity contribution is 6.28. The molecule has 0 unspecified atom stereocenters. The van der Waals surface area contributed by atoms with Gasteiger partial charge in [-0.1, -0.05) is 25.1 Å². The summed E-state index contributed by atoms with van der Waals surface area (Å²) >= 11 is 5.65. The fourth-order valence-corrected chi connectivity index (χ4v) is 1.62. The predicted molar refractivity (Wildman–Crippen MR) is 61.8 cm³/mol. The number of hydrogen-bond donors (Lipinski definition) is 0. The molecule has 0 aliphatic heterocycles. The van der Waals surface area contributed by atoms with Gasteiger partial charge in [0.05, 0.1) is 6.20 Å². The van der Waals surface area contributed by atoms with Gasteiger partial charge in [-0.15, -0.1) is 0 Å². The lowest BCUT2D eigenvalue weighted by molar-refractivity contribution is 0.618. The van der Waals surface area contributed by atoms with Gasteiger partial charge in [-0.3, -0.25) is 0 Å². The molecule has 0 amide bonds. The third-order valence-electron chi connectivity index (χ3n) is 2.32. The van der Waals surface area contributed by atoms with Gasteiger partial charge in [-0.2, -0.15) is 0 Å². The van der Waals surface area contributed by atoms with Gasteiger partial charge in [0.2, 0.25) is 5.28 Å². The van der Waals surface area contributed by atoms with Crippen molar-refractivity contribution in [3.05, 3.63) is 47.1 Å². The number of benzene rings is 1. The van der Waals surface area contributed by atoms with Crippen molar-refractivity contribution in [1.29, 1.82) is 0 Å². The molecular formula is C12H10ClFN2. The van der Waals surface area contributed by atoms with Gasteiger partial charge in [0, 0.05) is 5.56 Å². The molecule has 1 aromatic heterocycles. The summed E-state index contributed by atoms with van der Waals surface area (Å²) in [6.07, 6.45) is 1.98. The van der Waals surface area contributed by atoms with Gasteiger partial charge in [0.1, 0.15) is 5.69 Å². The van der Waals surface area contributed by atoms with E-state index in [1.165, 1.54) is 0 Å². The largest absolute Gasteiger partial charge is 0.223 e. The van der Waals surface area contributed by atoms with E-state index in [2.05, 4.69) is 9.97 Å². The Balaban J connectivity index is 2.53. The zero-order chi connectivity index (χ0) is 11.5. The Bertz CT molecular complexity index is 514. The van der Waals surface area contributed by atoms with Gasteiger partial charge in [0.15, 0.2) is 5.82 Å². The first-order valence-electron chi connectivity index (χ1n) is 4.98. The summed E-state index contributed by atoms with van der Waals surface area (Å²) in [4.78, 5) is 7.48. The van der Waals surface area contributed by atoms with E-state index >= 15 is 0 Å². The number of halogens is 2. The van der Waals surface area contributed by atoms with Crippen molar-refractivity contribution in [2.24, 2.45) is 0 Å². The van der Waals surface area contributed by atoms with Crippen LogP contribution in [0.25, 0.3) is 11.3 Å². The summed E-state index contributed by atoms with van der Waals surface area (Å²) in [5, 5.41) is 0.0540. The molecule has 0 saturated heterocycles. The van der Waals surface area contributed by atoms with E-state index in [1.807, 2.05) is 25.1 Å². The minimum atomic E-state index is -0.461. The number of rotatable bonds is 2. The van der Waals surface area contributed by atoms with E-state index in [0.29, 0.717) is 0 Å². The summed E-state index contributed by atoms with van der Waals surface area (Å²) in [7, 11) is 0. The molecule has 0 aliphatic rings. The fourth-order valence-electron chi connectivity index (χ4n) is 1.49. The van der Waals surface area contributed by atoms with Crippen LogP contribution in [0.3, 0.4) is 0 Å². The first kappa shape index (κ1) is 11.0. The monoisotopic (exact) mass is 236 g/mol. The highest BCUT2D eigenvalue weighted by Gasteiger charge is 2.08. The number of aryl methyl sites for hydroxylation is 1. The molecule has 0 spiro atoms. The van der Waals surface area contributed by atoms with Crippen molar-refractivity contribution >= 4 is 11.6 Å². The highest BCUT2D eigenvalue weighted by atomic mass is 35.5. The average molecular weight is 237 g/mol. The third kappa shape index (κ3) is 2.19. The van der Waals surface area contributed by atoms with E-state index in [0.717, 1.165) is 23.7 Å². The summed E-state index contributed by atoms with van der Waals surface area (Å²) in [5.74, 6) is -0.461. The molecule has 16 heavy (non-hydrogen) atoms. The summed E-state index contributed by atoms with van der Waals surface area (Å²) in [6.45, 7) is 2.04. The molecule has 2 aromatic rings. The maximum atomic E-state index is 13.5. The van der Waals surface area contributed by atoms with Crippen LogP contribution in [0.1, 0.15) is 12.5 Å². The van der Waals surface area contributed by atoms with Crippen LogP contribution in [0.5, 0.6) is 0 Å². The number of nitrogens with zero attached hydrogens (tertiary/aromatic N) is 2. The Hall–Kier alpha value is -1.48. The van der Waals surface area contributed by atoms with Gasteiger partial charge in [-0.25, -0.2) is 14.4 Å². The summed E-state index contributed by atoms with van der Waals surface area (Å²) in [5.41, 5.74) is 2.10. The van der Waals surface area contributed by atoms with Crippen molar-refractivity contribution in [2.45, 2.75) is 13.3 Å². The second-order valence-electron chi connectivity index (χ2n) is 3.39. The molecule has 1 heterocycles. The van der Waals surface area contributed by atoms with Gasteiger partial charge < -0.3 is 0 Å². The molecule has 0 bridgehead atoms. The Morgan fingerprint density at radius 2 is 2.19 bits per heavy atom. The van der Waals surface area contributed by atoms with Crippen molar-refractivity contribution < 1.29 is 4.39 Å². The van der Waals surface area contributed by atoms with E-state index in [-0.39, 0.29) is 11.0 Å². The van der Waals surface area contributed by atoms with Crippen LogP contribution >= 0.6 is 11.6 Å². The Morgan fingerprint density at radius 1 is 1.38 bits per heavy atom. The van der Waals surface area contributed by atoms with Gasteiger partial charge in [0.25, 0.3) is 0 Å². The van der Waals surface area contributed by atoms with Crippen LogP contribution in [-0.4, -0.2) is 9.97 Å². The SMILES string of the molecule is CCc1cccc(-c2nc(Cl)ncc2F)c1. The number of aromatic nitrogens is 2. The quantitative estimate of drug-likeness (QED) is 0.746. The van der Waals surface area contributed by atoms with Gasteiger partial charge >= 0.3 is 0 Å².